The number of carboxylic acids is 2. The van der Waals surface area contributed by atoms with E-state index in [0.29, 0.717) is 30.2 Å². The number of aliphatic carboxylic acids is 2. The van der Waals surface area contributed by atoms with Crippen LogP contribution in [-0.2, 0) is 16.0 Å². The van der Waals surface area contributed by atoms with Gasteiger partial charge >= 0.3 is 11.9 Å². The number of likely N-dealkylation sites (N-methyl/N-ethyl adjacent to an activating group) is 1. The lowest BCUT2D eigenvalue weighted by Gasteiger charge is -2.41. The van der Waals surface area contributed by atoms with Crippen molar-refractivity contribution in [1.82, 2.24) is 9.47 Å². The normalized spacial score (nSPS) is 20.6. The predicted octanol–water partition coefficient (Wildman–Crippen LogP) is 2.81. The monoisotopic (exact) mass is 412 g/mol. The molecule has 0 saturated carbocycles. The fourth-order valence-corrected chi connectivity index (χ4v) is 4.46. The lowest BCUT2D eigenvalue weighted by Crippen LogP contribution is -2.44. The van der Waals surface area contributed by atoms with E-state index in [0.717, 1.165) is 18.5 Å². The van der Waals surface area contributed by atoms with Crippen LogP contribution in [0.1, 0.15) is 36.9 Å². The minimum absolute atomic E-state index is 0.170. The molecule has 0 radical (unpaired) electrons. The third-order valence-corrected chi connectivity index (χ3v) is 5.73. The highest BCUT2D eigenvalue weighted by molar-refractivity contribution is 5.90. The molecule has 1 aliphatic carbocycles. The number of carbonyl (C=O) groups is 2. The van der Waals surface area contributed by atoms with Crippen LogP contribution in [0.3, 0.4) is 0 Å². The fraction of sp³-hybridized carbons (Fsp3) is 0.391. The summed E-state index contributed by atoms with van der Waals surface area (Å²) in [5.41, 5.74) is 5.41. The molecule has 0 bridgehead atoms. The van der Waals surface area contributed by atoms with Crippen LogP contribution in [0.15, 0.2) is 48.2 Å². The van der Waals surface area contributed by atoms with Crippen LogP contribution in [0, 0.1) is 0 Å². The Labute approximate surface area is 175 Å². The predicted molar refractivity (Wildman–Crippen MR) is 115 cm³/mol. The Morgan fingerprint density at radius 1 is 1.20 bits per heavy atom. The number of aromatic nitrogens is 1. The van der Waals surface area contributed by atoms with Crippen molar-refractivity contribution >= 4 is 22.8 Å². The average Bonchev–Trinajstić information content (AvgIpc) is 3.08. The Kier molecular flexibility index (Phi) is 6.43. The average molecular weight is 412 g/mol. The molecule has 7 nitrogen and oxygen atoms in total. The smallest absolute Gasteiger partial charge is 0.328 e. The first-order chi connectivity index (χ1) is 14.2. The van der Waals surface area contributed by atoms with Crippen molar-refractivity contribution in [3.05, 3.63) is 59.3 Å². The minimum atomic E-state index is -1.26. The van der Waals surface area contributed by atoms with Crippen LogP contribution in [0.2, 0.25) is 0 Å². The van der Waals surface area contributed by atoms with Gasteiger partial charge in [0.15, 0.2) is 0 Å². The van der Waals surface area contributed by atoms with E-state index in [-0.39, 0.29) is 6.61 Å². The van der Waals surface area contributed by atoms with Crippen molar-refractivity contribution in [2.75, 3.05) is 20.2 Å². The minimum Gasteiger partial charge on any atom is -0.478 e. The lowest BCUT2D eigenvalue weighted by atomic mass is 9.77. The van der Waals surface area contributed by atoms with Crippen LogP contribution in [0.5, 0.6) is 0 Å². The molecule has 2 aliphatic rings. The number of hydrogen-bond donors (Lipinski definition) is 3. The van der Waals surface area contributed by atoms with Crippen molar-refractivity contribution in [1.29, 1.82) is 0 Å². The molecule has 1 aromatic heterocycles. The number of hydrogen-bond acceptors (Lipinski definition) is 4. The van der Waals surface area contributed by atoms with Gasteiger partial charge in [-0.3, -0.25) is 4.90 Å². The summed E-state index contributed by atoms with van der Waals surface area (Å²) in [6.45, 7) is 5.55. The van der Waals surface area contributed by atoms with Gasteiger partial charge in [-0.05, 0) is 50.1 Å². The first-order valence-corrected chi connectivity index (χ1v) is 9.99. The number of rotatable bonds is 4. The molecule has 7 heteroatoms. The van der Waals surface area contributed by atoms with Crippen LogP contribution in [-0.4, -0.2) is 63.0 Å². The number of aliphatic hydroxyl groups is 1. The van der Waals surface area contributed by atoms with Crippen LogP contribution in [0.25, 0.3) is 10.9 Å². The summed E-state index contributed by atoms with van der Waals surface area (Å²) < 4.78 is 2.40. The van der Waals surface area contributed by atoms with Gasteiger partial charge in [-0.1, -0.05) is 18.2 Å². The highest BCUT2D eigenvalue weighted by Gasteiger charge is 2.36. The molecule has 160 valence electrons. The highest BCUT2D eigenvalue weighted by Crippen LogP contribution is 2.43. The van der Waals surface area contributed by atoms with Crippen molar-refractivity contribution in [3.8, 4) is 0 Å². The lowest BCUT2D eigenvalue weighted by molar-refractivity contribution is -0.134. The van der Waals surface area contributed by atoms with Crippen molar-refractivity contribution in [2.24, 2.45) is 0 Å². The molecule has 30 heavy (non-hydrogen) atoms. The molecule has 1 aliphatic heterocycles. The first kappa shape index (κ1) is 21.8. The van der Waals surface area contributed by atoms with E-state index in [9.17, 15) is 14.7 Å². The summed E-state index contributed by atoms with van der Waals surface area (Å²) in [4.78, 5) is 21.5. The standard InChI is InChI=1S/C19H24N2O.C4H4O4/c1-12(2)21-10-14-8-18-16(7-13(11-22)9-20(18)3)15-5-4-6-17(21)19(14)15;5-3(6)1-2-4(7)8/h4-7,10,12,16,18,22H,8-9,11H2,1-3H3;1-2H,(H,5,6)(H,7,8)/b;2-1-/t16-,18-;/m1./s1. The molecule has 3 N–H and O–H groups in total. The van der Waals surface area contributed by atoms with Gasteiger partial charge in [0.2, 0.25) is 0 Å². The van der Waals surface area contributed by atoms with E-state index in [1.807, 2.05) is 0 Å². The third-order valence-electron chi connectivity index (χ3n) is 5.73. The fourth-order valence-electron chi connectivity index (χ4n) is 4.46. The molecule has 0 spiro atoms. The molecular weight excluding hydrogens is 384 g/mol. The number of benzene rings is 1. The van der Waals surface area contributed by atoms with Gasteiger partial charge in [0.25, 0.3) is 0 Å². The molecule has 0 amide bonds. The number of fused-ring (bicyclic) bond motifs is 2. The van der Waals surface area contributed by atoms with Gasteiger partial charge in [-0.15, -0.1) is 0 Å². The van der Waals surface area contributed by atoms with E-state index in [1.165, 1.54) is 22.0 Å². The molecular formula is C23H28N2O5. The highest BCUT2D eigenvalue weighted by atomic mass is 16.4. The summed E-state index contributed by atoms with van der Waals surface area (Å²) in [6, 6.07) is 7.69. The Hall–Kier alpha value is -2.90. The molecule has 0 saturated heterocycles. The van der Waals surface area contributed by atoms with Gasteiger partial charge in [-0.2, -0.15) is 0 Å². The summed E-state index contributed by atoms with van der Waals surface area (Å²) in [5.74, 6) is -2.11. The Morgan fingerprint density at radius 2 is 1.87 bits per heavy atom. The first-order valence-electron chi connectivity index (χ1n) is 9.99. The second-order valence-electron chi connectivity index (χ2n) is 8.10. The zero-order valence-electron chi connectivity index (χ0n) is 17.4. The topological polar surface area (TPSA) is 103 Å². The number of nitrogens with zero attached hydrogens (tertiary/aromatic N) is 2. The zero-order chi connectivity index (χ0) is 22.0. The molecule has 1 aromatic carbocycles. The molecule has 4 rings (SSSR count). The summed E-state index contributed by atoms with van der Waals surface area (Å²) >= 11 is 0. The van der Waals surface area contributed by atoms with E-state index < -0.39 is 11.9 Å². The Balaban J connectivity index is 0.000000275. The van der Waals surface area contributed by atoms with Crippen molar-refractivity contribution in [3.63, 3.8) is 0 Å². The quantitative estimate of drug-likeness (QED) is 0.527. The third kappa shape index (κ3) is 4.32. The summed E-state index contributed by atoms with van der Waals surface area (Å²) in [6.07, 6.45) is 6.89. The maximum absolute atomic E-state index is 9.57. The number of aliphatic hydroxyl groups excluding tert-OH is 1. The van der Waals surface area contributed by atoms with E-state index in [1.54, 1.807) is 0 Å². The van der Waals surface area contributed by atoms with Gasteiger partial charge in [-0.25, -0.2) is 9.59 Å². The Morgan fingerprint density at radius 3 is 2.43 bits per heavy atom. The molecule has 2 aromatic rings. The molecule has 2 heterocycles. The zero-order valence-corrected chi connectivity index (χ0v) is 17.4. The van der Waals surface area contributed by atoms with E-state index >= 15 is 0 Å². The maximum atomic E-state index is 9.57. The van der Waals surface area contributed by atoms with Gasteiger partial charge in [0.05, 0.1) is 6.61 Å². The van der Waals surface area contributed by atoms with Gasteiger partial charge in [0, 0.05) is 53.8 Å². The van der Waals surface area contributed by atoms with Crippen LogP contribution >= 0.6 is 0 Å². The van der Waals surface area contributed by atoms with Crippen LogP contribution < -0.4 is 0 Å². The van der Waals surface area contributed by atoms with E-state index in [2.05, 4.69) is 60.8 Å². The summed E-state index contributed by atoms with van der Waals surface area (Å²) in [5, 5.41) is 26.6. The molecule has 2 atom stereocenters. The van der Waals surface area contributed by atoms with Crippen molar-refractivity contribution < 1.29 is 24.9 Å². The molecule has 0 unspecified atom stereocenters. The summed E-state index contributed by atoms with van der Waals surface area (Å²) in [7, 11) is 2.19. The SMILES string of the molecule is CC(C)n1cc2c3c(cccc31)[C@H]1C=C(CO)CN(C)[C@@H]1C2.O=C(O)/C=C\C(=O)O. The van der Waals surface area contributed by atoms with Crippen LogP contribution in [0.4, 0.5) is 0 Å². The van der Waals surface area contributed by atoms with E-state index in [4.69, 9.17) is 10.2 Å². The second-order valence-corrected chi connectivity index (χ2v) is 8.10. The molecule has 0 fully saturated rings. The second kappa shape index (κ2) is 8.85. The van der Waals surface area contributed by atoms with Gasteiger partial charge < -0.3 is 19.9 Å². The number of carboxylic acid groups (broad SMARTS) is 2. The maximum Gasteiger partial charge on any atom is 0.328 e. The van der Waals surface area contributed by atoms with Gasteiger partial charge in [0.1, 0.15) is 0 Å². The van der Waals surface area contributed by atoms with Crippen molar-refractivity contribution in [2.45, 2.75) is 38.3 Å². The Bertz CT molecular complexity index is 1000. The largest absolute Gasteiger partial charge is 0.478 e.